The highest BCUT2D eigenvalue weighted by Crippen LogP contribution is 2.21. The molecule has 0 aliphatic rings. The van der Waals surface area contributed by atoms with Crippen molar-refractivity contribution in [2.24, 2.45) is 0 Å². The summed E-state index contributed by atoms with van der Waals surface area (Å²) in [6.45, 7) is 3.31. The van der Waals surface area contributed by atoms with Crippen molar-refractivity contribution in [1.82, 2.24) is 5.32 Å². The molecule has 1 aromatic carbocycles. The van der Waals surface area contributed by atoms with Crippen LogP contribution in [-0.2, 0) is 0 Å². The SMILES string of the molecule is CCC(CC)(CO)NC(=O)c1cc(F)c(Cl)cc1F. The maximum absolute atomic E-state index is 13.6. The number of carbonyl (C=O) groups excluding carboxylic acids is 1. The molecular formula is C13H16ClF2NO2. The van der Waals surface area contributed by atoms with Crippen LogP contribution in [0.5, 0.6) is 0 Å². The Morgan fingerprint density at radius 2 is 1.89 bits per heavy atom. The van der Waals surface area contributed by atoms with Gasteiger partial charge in [0, 0.05) is 0 Å². The Balaban J connectivity index is 3.04. The van der Waals surface area contributed by atoms with E-state index in [0.717, 1.165) is 12.1 Å². The fourth-order valence-corrected chi connectivity index (χ4v) is 1.84. The van der Waals surface area contributed by atoms with Crippen molar-refractivity contribution < 1.29 is 18.7 Å². The van der Waals surface area contributed by atoms with Gasteiger partial charge in [-0.3, -0.25) is 4.79 Å². The highest BCUT2D eigenvalue weighted by Gasteiger charge is 2.29. The molecule has 0 saturated heterocycles. The van der Waals surface area contributed by atoms with Gasteiger partial charge in [0.15, 0.2) is 0 Å². The molecule has 6 heteroatoms. The lowest BCUT2D eigenvalue weighted by molar-refractivity contribution is 0.0813. The van der Waals surface area contributed by atoms with Crippen molar-refractivity contribution in [3.8, 4) is 0 Å². The highest BCUT2D eigenvalue weighted by molar-refractivity contribution is 6.30. The standard InChI is InChI=1S/C13H16ClF2NO2/c1-3-13(4-2,7-18)17-12(19)8-5-11(16)9(14)6-10(8)15/h5-6,18H,3-4,7H2,1-2H3,(H,17,19). The minimum atomic E-state index is -0.900. The van der Waals surface area contributed by atoms with E-state index >= 15 is 0 Å². The average Bonchev–Trinajstić information content (AvgIpc) is 2.40. The lowest BCUT2D eigenvalue weighted by Crippen LogP contribution is -2.50. The Hall–Kier alpha value is -1.20. The van der Waals surface area contributed by atoms with Crippen LogP contribution >= 0.6 is 11.6 Å². The number of rotatable bonds is 5. The second-order valence-corrected chi connectivity index (χ2v) is 4.75. The number of hydrogen-bond acceptors (Lipinski definition) is 2. The summed E-state index contributed by atoms with van der Waals surface area (Å²) < 4.78 is 26.9. The van der Waals surface area contributed by atoms with Gasteiger partial charge in [0.25, 0.3) is 5.91 Å². The number of hydrogen-bond donors (Lipinski definition) is 2. The van der Waals surface area contributed by atoms with E-state index in [1.54, 1.807) is 13.8 Å². The first-order valence-electron chi connectivity index (χ1n) is 5.97. The van der Waals surface area contributed by atoms with Gasteiger partial charge in [-0.15, -0.1) is 0 Å². The maximum atomic E-state index is 13.6. The molecule has 0 atom stereocenters. The minimum Gasteiger partial charge on any atom is -0.394 e. The first-order valence-corrected chi connectivity index (χ1v) is 6.34. The lowest BCUT2D eigenvalue weighted by Gasteiger charge is -2.30. The second-order valence-electron chi connectivity index (χ2n) is 4.35. The summed E-state index contributed by atoms with van der Waals surface area (Å²) in [5.74, 6) is -2.54. The Labute approximate surface area is 115 Å². The van der Waals surface area contributed by atoms with E-state index in [4.69, 9.17) is 11.6 Å². The zero-order chi connectivity index (χ0) is 14.6. The summed E-state index contributed by atoms with van der Waals surface area (Å²) in [4.78, 5) is 11.9. The number of carbonyl (C=O) groups is 1. The summed E-state index contributed by atoms with van der Waals surface area (Å²) in [6, 6.07) is 1.50. The molecule has 19 heavy (non-hydrogen) atoms. The molecule has 3 nitrogen and oxygen atoms in total. The van der Waals surface area contributed by atoms with E-state index in [2.05, 4.69) is 5.32 Å². The fourth-order valence-electron chi connectivity index (χ4n) is 1.69. The summed E-state index contributed by atoms with van der Waals surface area (Å²) in [5.41, 5.74) is -1.26. The third kappa shape index (κ3) is 3.42. The van der Waals surface area contributed by atoms with Gasteiger partial charge in [0.05, 0.1) is 22.7 Å². The third-order valence-corrected chi connectivity index (χ3v) is 3.58. The van der Waals surface area contributed by atoms with E-state index in [1.807, 2.05) is 0 Å². The van der Waals surface area contributed by atoms with E-state index in [0.29, 0.717) is 12.8 Å². The van der Waals surface area contributed by atoms with Crippen molar-refractivity contribution in [1.29, 1.82) is 0 Å². The molecule has 1 aromatic rings. The Morgan fingerprint density at radius 1 is 1.32 bits per heavy atom. The predicted octanol–water partition coefficient (Wildman–Crippen LogP) is 2.90. The summed E-state index contributed by atoms with van der Waals surface area (Å²) >= 11 is 5.42. The number of benzene rings is 1. The fraction of sp³-hybridized carbons (Fsp3) is 0.462. The molecule has 0 aliphatic heterocycles. The first kappa shape index (κ1) is 15.9. The average molecular weight is 292 g/mol. The van der Waals surface area contributed by atoms with E-state index in [-0.39, 0.29) is 11.6 Å². The van der Waals surface area contributed by atoms with Crippen LogP contribution in [0, 0.1) is 11.6 Å². The summed E-state index contributed by atoms with van der Waals surface area (Å²) in [7, 11) is 0. The van der Waals surface area contributed by atoms with E-state index in [1.165, 1.54) is 0 Å². The molecule has 0 saturated carbocycles. The molecular weight excluding hydrogens is 276 g/mol. The normalized spacial score (nSPS) is 11.5. The Bertz CT molecular complexity index is 468. The largest absolute Gasteiger partial charge is 0.394 e. The van der Waals surface area contributed by atoms with Crippen LogP contribution in [0.2, 0.25) is 5.02 Å². The van der Waals surface area contributed by atoms with Gasteiger partial charge in [-0.25, -0.2) is 8.78 Å². The number of aliphatic hydroxyl groups is 1. The van der Waals surface area contributed by atoms with Gasteiger partial charge in [0.1, 0.15) is 11.6 Å². The zero-order valence-electron chi connectivity index (χ0n) is 10.8. The molecule has 0 bridgehead atoms. The van der Waals surface area contributed by atoms with Crippen molar-refractivity contribution in [3.63, 3.8) is 0 Å². The smallest absolute Gasteiger partial charge is 0.254 e. The molecule has 0 spiro atoms. The molecule has 0 radical (unpaired) electrons. The van der Waals surface area contributed by atoms with Gasteiger partial charge < -0.3 is 10.4 Å². The van der Waals surface area contributed by atoms with Crippen molar-refractivity contribution >= 4 is 17.5 Å². The molecule has 2 N–H and O–H groups in total. The molecule has 106 valence electrons. The predicted molar refractivity (Wildman–Crippen MR) is 69.2 cm³/mol. The van der Waals surface area contributed by atoms with Gasteiger partial charge in [0.2, 0.25) is 0 Å². The number of nitrogens with one attached hydrogen (secondary N) is 1. The summed E-state index contributed by atoms with van der Waals surface area (Å²) in [5, 5.41) is 11.5. The quantitative estimate of drug-likeness (QED) is 0.820. The second kappa shape index (κ2) is 6.30. The molecule has 0 heterocycles. The molecule has 0 fully saturated rings. The maximum Gasteiger partial charge on any atom is 0.254 e. The molecule has 1 amide bonds. The van der Waals surface area contributed by atoms with Crippen LogP contribution in [0.25, 0.3) is 0 Å². The number of aliphatic hydroxyl groups excluding tert-OH is 1. The summed E-state index contributed by atoms with van der Waals surface area (Å²) in [6.07, 6.45) is 0.951. The van der Waals surface area contributed by atoms with Crippen molar-refractivity contribution in [2.45, 2.75) is 32.2 Å². The van der Waals surface area contributed by atoms with Gasteiger partial charge in [-0.1, -0.05) is 25.4 Å². The Kier molecular flexibility index (Phi) is 5.26. The van der Waals surface area contributed by atoms with Crippen LogP contribution in [-0.4, -0.2) is 23.2 Å². The van der Waals surface area contributed by atoms with Crippen LogP contribution in [0.1, 0.15) is 37.0 Å². The van der Waals surface area contributed by atoms with Crippen LogP contribution in [0.15, 0.2) is 12.1 Å². The minimum absolute atomic E-state index is 0.274. The Morgan fingerprint density at radius 3 is 2.37 bits per heavy atom. The van der Waals surface area contributed by atoms with E-state index < -0.39 is 28.6 Å². The van der Waals surface area contributed by atoms with Crippen molar-refractivity contribution in [2.75, 3.05) is 6.61 Å². The van der Waals surface area contributed by atoms with Gasteiger partial charge in [-0.05, 0) is 25.0 Å². The van der Waals surface area contributed by atoms with Crippen LogP contribution in [0.3, 0.4) is 0 Å². The first-order chi connectivity index (χ1) is 8.89. The molecule has 0 unspecified atom stereocenters. The highest BCUT2D eigenvalue weighted by atomic mass is 35.5. The number of halogens is 3. The molecule has 0 aromatic heterocycles. The topological polar surface area (TPSA) is 49.3 Å². The van der Waals surface area contributed by atoms with Crippen molar-refractivity contribution in [3.05, 3.63) is 34.4 Å². The number of amides is 1. The molecule has 1 rings (SSSR count). The third-order valence-electron chi connectivity index (χ3n) is 3.29. The lowest BCUT2D eigenvalue weighted by atomic mass is 9.93. The monoisotopic (exact) mass is 291 g/mol. The van der Waals surface area contributed by atoms with Crippen LogP contribution < -0.4 is 5.32 Å². The van der Waals surface area contributed by atoms with E-state index in [9.17, 15) is 18.7 Å². The zero-order valence-corrected chi connectivity index (χ0v) is 11.5. The van der Waals surface area contributed by atoms with Crippen LogP contribution in [0.4, 0.5) is 8.78 Å². The molecule has 0 aliphatic carbocycles. The van der Waals surface area contributed by atoms with Gasteiger partial charge >= 0.3 is 0 Å². The van der Waals surface area contributed by atoms with Gasteiger partial charge in [-0.2, -0.15) is 0 Å².